The fourth-order valence-electron chi connectivity index (χ4n) is 4.20. The number of imidazole rings is 1. The largest absolute Gasteiger partial charge is 0.508 e. The molecule has 0 saturated heterocycles. The molecular weight excluding hydrogens is 544 g/mol. The number of hydrogen-bond donors (Lipinski definition) is 8. The molecule has 0 aliphatic heterocycles. The number of carbonyl (C=O) groups is 4. The minimum atomic E-state index is -1.33. The second-order valence-electron chi connectivity index (χ2n) is 10.3. The van der Waals surface area contributed by atoms with Gasteiger partial charge in [-0.05, 0) is 41.3 Å². The maximum absolute atomic E-state index is 13.4. The standard InChI is InChI=1S/C29H36N6O7/c1-16(2)25(35-26(38)22(30)13-19-14-31-15-32-19)28(40)33-23(11-17-3-7-20(36)8-4-17)27(39)34-24(29(41)42)12-18-5-9-21(37)10-6-18/h3-10,14-16,22-25,36-37H,11-13,30H2,1-2H3,(H,31,32)(H,33,40)(H,34,39)(H,35,38)(H,41,42). The van der Waals surface area contributed by atoms with Crippen LogP contribution in [-0.4, -0.2) is 73.1 Å². The van der Waals surface area contributed by atoms with E-state index in [0.29, 0.717) is 16.8 Å². The summed E-state index contributed by atoms with van der Waals surface area (Å²) in [6.45, 7) is 3.44. The van der Waals surface area contributed by atoms with E-state index in [-0.39, 0.29) is 36.7 Å². The van der Waals surface area contributed by atoms with Crippen molar-refractivity contribution >= 4 is 23.7 Å². The Hall–Kier alpha value is -4.91. The second-order valence-corrected chi connectivity index (χ2v) is 10.3. The van der Waals surface area contributed by atoms with Crippen LogP contribution in [0.3, 0.4) is 0 Å². The molecule has 0 spiro atoms. The fourth-order valence-corrected chi connectivity index (χ4v) is 4.20. The van der Waals surface area contributed by atoms with Gasteiger partial charge in [-0.2, -0.15) is 0 Å². The van der Waals surface area contributed by atoms with Gasteiger partial charge in [0.25, 0.3) is 0 Å². The fraction of sp³-hybridized carbons (Fsp3) is 0.345. The van der Waals surface area contributed by atoms with E-state index in [9.17, 15) is 34.5 Å². The summed E-state index contributed by atoms with van der Waals surface area (Å²) < 4.78 is 0. The van der Waals surface area contributed by atoms with Crippen molar-refractivity contribution in [2.45, 2.75) is 57.3 Å². The van der Waals surface area contributed by atoms with E-state index in [1.807, 2.05) is 0 Å². The number of phenolic OH excluding ortho intramolecular Hbond substituents is 2. The van der Waals surface area contributed by atoms with Gasteiger partial charge < -0.3 is 42.0 Å². The van der Waals surface area contributed by atoms with E-state index >= 15 is 0 Å². The average Bonchev–Trinajstić information content (AvgIpc) is 3.45. The lowest BCUT2D eigenvalue weighted by Gasteiger charge is -2.27. The Balaban J connectivity index is 1.77. The van der Waals surface area contributed by atoms with Crippen LogP contribution >= 0.6 is 0 Å². The predicted octanol–water partition coefficient (Wildman–Crippen LogP) is 0.371. The zero-order valence-corrected chi connectivity index (χ0v) is 23.3. The quantitative estimate of drug-likeness (QED) is 0.132. The molecule has 3 amide bonds. The number of carboxylic acids is 1. The number of carbonyl (C=O) groups excluding carboxylic acids is 3. The van der Waals surface area contributed by atoms with E-state index in [4.69, 9.17) is 5.73 Å². The van der Waals surface area contributed by atoms with Crippen molar-refractivity contribution in [3.63, 3.8) is 0 Å². The Morgan fingerprint density at radius 2 is 1.31 bits per heavy atom. The average molecular weight is 581 g/mol. The number of nitrogens with zero attached hydrogens (tertiary/aromatic N) is 1. The molecule has 1 heterocycles. The summed E-state index contributed by atoms with van der Waals surface area (Å²) in [5.41, 5.74) is 7.83. The number of aromatic amines is 1. The first-order valence-corrected chi connectivity index (χ1v) is 13.4. The van der Waals surface area contributed by atoms with Gasteiger partial charge in [0.2, 0.25) is 17.7 Å². The van der Waals surface area contributed by atoms with Crippen molar-refractivity contribution in [1.82, 2.24) is 25.9 Å². The number of aliphatic carboxylic acids is 1. The molecular formula is C29H36N6O7. The van der Waals surface area contributed by atoms with Crippen molar-refractivity contribution in [1.29, 1.82) is 0 Å². The molecule has 0 fully saturated rings. The Kier molecular flexibility index (Phi) is 11.0. The highest BCUT2D eigenvalue weighted by molar-refractivity contribution is 5.94. The van der Waals surface area contributed by atoms with Crippen LogP contribution in [0, 0.1) is 5.92 Å². The van der Waals surface area contributed by atoms with E-state index in [2.05, 4.69) is 25.9 Å². The molecule has 4 atom stereocenters. The molecule has 0 bridgehead atoms. The van der Waals surface area contributed by atoms with Gasteiger partial charge in [0.05, 0.1) is 12.4 Å². The van der Waals surface area contributed by atoms with Crippen molar-refractivity contribution in [3.05, 3.63) is 77.9 Å². The highest BCUT2D eigenvalue weighted by atomic mass is 16.4. The van der Waals surface area contributed by atoms with Crippen molar-refractivity contribution in [2.24, 2.45) is 11.7 Å². The lowest BCUT2D eigenvalue weighted by atomic mass is 9.99. The van der Waals surface area contributed by atoms with Crippen molar-refractivity contribution in [3.8, 4) is 11.5 Å². The maximum Gasteiger partial charge on any atom is 0.326 e. The third kappa shape index (κ3) is 9.34. The minimum Gasteiger partial charge on any atom is -0.508 e. The van der Waals surface area contributed by atoms with Gasteiger partial charge in [-0.15, -0.1) is 0 Å². The van der Waals surface area contributed by atoms with Crippen LogP contribution in [0.1, 0.15) is 30.7 Å². The number of carboxylic acid groups (broad SMARTS) is 1. The maximum atomic E-state index is 13.4. The molecule has 13 heteroatoms. The third-order valence-corrected chi connectivity index (χ3v) is 6.58. The molecule has 224 valence electrons. The van der Waals surface area contributed by atoms with E-state index < -0.39 is 47.9 Å². The number of rotatable bonds is 14. The molecule has 0 radical (unpaired) electrons. The molecule has 4 unspecified atom stereocenters. The summed E-state index contributed by atoms with van der Waals surface area (Å²) in [4.78, 5) is 58.4. The third-order valence-electron chi connectivity index (χ3n) is 6.58. The molecule has 42 heavy (non-hydrogen) atoms. The van der Waals surface area contributed by atoms with Crippen LogP contribution in [0.5, 0.6) is 11.5 Å². The van der Waals surface area contributed by atoms with Gasteiger partial charge in [-0.1, -0.05) is 38.1 Å². The number of aromatic nitrogens is 2. The summed E-state index contributed by atoms with van der Waals surface area (Å²) >= 11 is 0. The monoisotopic (exact) mass is 580 g/mol. The van der Waals surface area contributed by atoms with E-state index in [1.165, 1.54) is 30.6 Å². The Morgan fingerprint density at radius 3 is 1.79 bits per heavy atom. The van der Waals surface area contributed by atoms with Crippen molar-refractivity contribution < 1.29 is 34.5 Å². The van der Waals surface area contributed by atoms with E-state index in [1.54, 1.807) is 44.3 Å². The second kappa shape index (κ2) is 14.6. The van der Waals surface area contributed by atoms with Crippen LogP contribution in [0.25, 0.3) is 0 Å². The Labute approximate surface area is 242 Å². The number of benzene rings is 2. The number of amides is 3. The molecule has 13 nitrogen and oxygen atoms in total. The van der Waals surface area contributed by atoms with Crippen LogP contribution in [0.2, 0.25) is 0 Å². The Morgan fingerprint density at radius 1 is 0.786 bits per heavy atom. The highest BCUT2D eigenvalue weighted by Crippen LogP contribution is 2.14. The summed E-state index contributed by atoms with van der Waals surface area (Å²) in [6, 6.07) is 7.33. The number of H-pyrrole nitrogens is 1. The smallest absolute Gasteiger partial charge is 0.326 e. The molecule has 0 saturated carbocycles. The van der Waals surface area contributed by atoms with E-state index in [0.717, 1.165) is 0 Å². The molecule has 1 aromatic heterocycles. The molecule has 3 rings (SSSR count). The Bertz CT molecular complexity index is 1340. The summed E-state index contributed by atoms with van der Waals surface area (Å²) in [5.74, 6) is -3.63. The van der Waals surface area contributed by atoms with Crippen molar-refractivity contribution in [2.75, 3.05) is 0 Å². The first-order chi connectivity index (χ1) is 19.9. The number of nitrogens with one attached hydrogen (secondary N) is 4. The summed E-state index contributed by atoms with van der Waals surface area (Å²) in [7, 11) is 0. The van der Waals surface area contributed by atoms with Crippen LogP contribution < -0.4 is 21.7 Å². The van der Waals surface area contributed by atoms with Gasteiger partial charge in [-0.25, -0.2) is 9.78 Å². The molecule has 2 aromatic carbocycles. The van der Waals surface area contributed by atoms with Gasteiger partial charge >= 0.3 is 5.97 Å². The number of nitrogens with two attached hydrogens (primary N) is 1. The zero-order chi connectivity index (χ0) is 30.8. The number of hydrogen-bond acceptors (Lipinski definition) is 8. The molecule has 0 aliphatic carbocycles. The predicted molar refractivity (Wildman–Crippen MR) is 152 cm³/mol. The SMILES string of the molecule is CC(C)C(NC(=O)C(N)Cc1cnc[nH]1)C(=O)NC(Cc1ccc(O)cc1)C(=O)NC(Cc1ccc(O)cc1)C(=O)O. The van der Waals surface area contributed by atoms with Gasteiger partial charge in [-0.3, -0.25) is 14.4 Å². The molecule has 9 N–H and O–H groups in total. The lowest BCUT2D eigenvalue weighted by Crippen LogP contribution is -2.59. The first kappa shape index (κ1) is 31.6. The topological polar surface area (TPSA) is 220 Å². The van der Waals surface area contributed by atoms with Crippen LogP contribution in [0.15, 0.2) is 61.1 Å². The number of aromatic hydroxyl groups is 2. The normalized spacial score (nSPS) is 13.9. The van der Waals surface area contributed by atoms with Gasteiger partial charge in [0, 0.05) is 31.2 Å². The van der Waals surface area contributed by atoms with Gasteiger partial charge in [0.1, 0.15) is 29.6 Å². The van der Waals surface area contributed by atoms with Crippen LogP contribution in [-0.2, 0) is 38.4 Å². The molecule has 0 aliphatic rings. The number of phenols is 2. The first-order valence-electron chi connectivity index (χ1n) is 13.4. The molecule has 3 aromatic rings. The lowest BCUT2D eigenvalue weighted by molar-refractivity contribution is -0.142. The summed E-state index contributed by atoms with van der Waals surface area (Å²) in [5, 5.41) is 36.7. The zero-order valence-electron chi connectivity index (χ0n) is 23.3. The van der Waals surface area contributed by atoms with Gasteiger partial charge in [0.15, 0.2) is 0 Å². The van der Waals surface area contributed by atoms with Crippen LogP contribution in [0.4, 0.5) is 0 Å². The summed E-state index contributed by atoms with van der Waals surface area (Å²) in [6.07, 6.45) is 3.07. The highest BCUT2D eigenvalue weighted by Gasteiger charge is 2.32. The minimum absolute atomic E-state index is 0.0117.